The Morgan fingerprint density at radius 1 is 1.00 bits per heavy atom. The summed E-state index contributed by atoms with van der Waals surface area (Å²) in [7, 11) is 0. The first-order valence-electron chi connectivity index (χ1n) is 7.18. The summed E-state index contributed by atoms with van der Waals surface area (Å²) < 4.78 is 11.9. The van der Waals surface area contributed by atoms with Gasteiger partial charge in [-0.3, -0.25) is 0 Å². The summed E-state index contributed by atoms with van der Waals surface area (Å²) in [4.78, 5) is 0. The summed E-state index contributed by atoms with van der Waals surface area (Å²) in [6, 6.07) is 10.4. The predicted octanol–water partition coefficient (Wildman–Crippen LogP) is 4.96. The number of alkyl halides is 1. The summed E-state index contributed by atoms with van der Waals surface area (Å²) in [5, 5.41) is 3.10. The van der Waals surface area contributed by atoms with Crippen LogP contribution in [-0.2, 0) is 6.42 Å². The molecular weight excluding hydrogens is 316 g/mol. The molecule has 0 saturated heterocycles. The molecule has 0 aliphatic carbocycles. The third-order valence-corrected chi connectivity index (χ3v) is 3.52. The summed E-state index contributed by atoms with van der Waals surface area (Å²) in [5.41, 5.74) is 1.21. The maximum absolute atomic E-state index is 5.99. The molecule has 108 valence electrons. The smallest absolute Gasteiger partial charge is 0.130 e. The minimum absolute atomic E-state index is 0.669. The van der Waals surface area contributed by atoms with Crippen molar-refractivity contribution in [1.29, 1.82) is 0 Å². The molecule has 0 heterocycles. The van der Waals surface area contributed by atoms with Gasteiger partial charge in [0.15, 0.2) is 0 Å². The summed E-state index contributed by atoms with van der Waals surface area (Å²) >= 11 is 3.41. The molecular formula is C17H21BrO2. The third kappa shape index (κ3) is 3.26. The minimum atomic E-state index is 0.669. The van der Waals surface area contributed by atoms with E-state index in [1.165, 1.54) is 5.56 Å². The van der Waals surface area contributed by atoms with Crippen LogP contribution in [0.25, 0.3) is 10.8 Å². The van der Waals surface area contributed by atoms with Crippen molar-refractivity contribution in [1.82, 2.24) is 0 Å². The lowest BCUT2D eigenvalue weighted by Crippen LogP contribution is -2.03. The van der Waals surface area contributed by atoms with Crippen LogP contribution in [0, 0.1) is 0 Å². The number of hydrogen-bond acceptors (Lipinski definition) is 2. The van der Waals surface area contributed by atoms with Crippen molar-refractivity contribution in [2.75, 3.05) is 18.5 Å². The van der Waals surface area contributed by atoms with Crippen LogP contribution in [0.2, 0.25) is 0 Å². The summed E-state index contributed by atoms with van der Waals surface area (Å²) in [5.74, 6) is 1.96. The van der Waals surface area contributed by atoms with E-state index in [0.29, 0.717) is 6.61 Å². The van der Waals surface area contributed by atoms with Gasteiger partial charge in [-0.25, -0.2) is 0 Å². The van der Waals surface area contributed by atoms with E-state index in [-0.39, 0.29) is 0 Å². The molecule has 0 fully saturated rings. The van der Waals surface area contributed by atoms with Gasteiger partial charge >= 0.3 is 0 Å². The summed E-state index contributed by atoms with van der Waals surface area (Å²) in [6.45, 7) is 5.69. The fourth-order valence-corrected chi connectivity index (χ4v) is 2.44. The lowest BCUT2D eigenvalue weighted by atomic mass is 10.0. The van der Waals surface area contributed by atoms with Gasteiger partial charge in [0.25, 0.3) is 0 Å². The quantitative estimate of drug-likeness (QED) is 0.665. The van der Waals surface area contributed by atoms with E-state index in [1.807, 2.05) is 6.07 Å². The van der Waals surface area contributed by atoms with E-state index in [9.17, 15) is 0 Å². The highest BCUT2D eigenvalue weighted by Gasteiger charge is 2.12. The molecule has 0 aromatic heterocycles. The fraction of sp³-hybridized carbons (Fsp3) is 0.412. The van der Waals surface area contributed by atoms with Crippen molar-refractivity contribution < 1.29 is 9.47 Å². The number of halogens is 1. The Kier molecular flexibility index (Phi) is 5.72. The molecule has 0 radical (unpaired) electrons. The van der Waals surface area contributed by atoms with Crippen LogP contribution in [0.15, 0.2) is 30.3 Å². The molecule has 2 nitrogen and oxygen atoms in total. The molecule has 20 heavy (non-hydrogen) atoms. The Labute approximate surface area is 129 Å². The number of benzene rings is 2. The zero-order valence-corrected chi connectivity index (χ0v) is 13.7. The van der Waals surface area contributed by atoms with Gasteiger partial charge < -0.3 is 9.47 Å². The maximum Gasteiger partial charge on any atom is 0.130 e. The molecule has 3 heteroatoms. The van der Waals surface area contributed by atoms with Gasteiger partial charge in [0.1, 0.15) is 11.5 Å². The Morgan fingerprint density at radius 2 is 1.75 bits per heavy atom. The molecule has 0 aliphatic heterocycles. The highest BCUT2D eigenvalue weighted by Crippen LogP contribution is 2.37. The standard InChI is InChI=1S/C17H21BrO2/c1-3-10-20-17-13(4-2)12-16(19-11-9-18)14-7-5-6-8-15(14)17/h5-8,12H,3-4,9-11H2,1-2H3. The van der Waals surface area contributed by atoms with Crippen LogP contribution in [0.5, 0.6) is 11.5 Å². The second-order valence-corrected chi connectivity index (χ2v) is 5.44. The zero-order valence-electron chi connectivity index (χ0n) is 12.1. The lowest BCUT2D eigenvalue weighted by Gasteiger charge is -2.16. The van der Waals surface area contributed by atoms with Gasteiger partial charge in [-0.1, -0.05) is 54.0 Å². The SMILES string of the molecule is CCCOc1c(CC)cc(OCCBr)c2ccccc12. The molecule has 0 bridgehead atoms. The predicted molar refractivity (Wildman–Crippen MR) is 88.4 cm³/mol. The number of hydrogen-bond donors (Lipinski definition) is 0. The van der Waals surface area contributed by atoms with E-state index in [1.54, 1.807) is 0 Å². The molecule has 0 aliphatic rings. The zero-order chi connectivity index (χ0) is 14.4. The van der Waals surface area contributed by atoms with Gasteiger partial charge in [0, 0.05) is 16.1 Å². The molecule has 0 atom stereocenters. The second-order valence-electron chi connectivity index (χ2n) is 4.65. The molecule has 0 amide bonds. The minimum Gasteiger partial charge on any atom is -0.493 e. The fourth-order valence-electron chi connectivity index (χ4n) is 2.28. The monoisotopic (exact) mass is 336 g/mol. The highest BCUT2D eigenvalue weighted by atomic mass is 79.9. The van der Waals surface area contributed by atoms with Crippen LogP contribution in [0.3, 0.4) is 0 Å². The molecule has 0 N–H and O–H groups in total. The van der Waals surface area contributed by atoms with Crippen LogP contribution >= 0.6 is 15.9 Å². The van der Waals surface area contributed by atoms with Gasteiger partial charge in [0.05, 0.1) is 13.2 Å². The Morgan fingerprint density at radius 3 is 2.40 bits per heavy atom. The topological polar surface area (TPSA) is 18.5 Å². The molecule has 2 aromatic rings. The maximum atomic E-state index is 5.99. The average Bonchev–Trinajstić information content (AvgIpc) is 2.50. The first-order chi connectivity index (χ1) is 9.81. The normalized spacial score (nSPS) is 10.8. The van der Waals surface area contributed by atoms with E-state index >= 15 is 0 Å². The Balaban J connectivity index is 2.54. The van der Waals surface area contributed by atoms with Gasteiger partial charge in [-0.15, -0.1) is 0 Å². The van der Waals surface area contributed by atoms with E-state index < -0.39 is 0 Å². The van der Waals surface area contributed by atoms with E-state index in [2.05, 4.69) is 54.0 Å². The van der Waals surface area contributed by atoms with Gasteiger partial charge in [-0.05, 0) is 24.5 Å². The van der Waals surface area contributed by atoms with Crippen molar-refractivity contribution in [3.8, 4) is 11.5 Å². The Hall–Kier alpha value is -1.22. The van der Waals surface area contributed by atoms with Gasteiger partial charge in [-0.2, -0.15) is 0 Å². The molecule has 2 rings (SSSR count). The third-order valence-electron chi connectivity index (χ3n) is 3.20. The molecule has 0 spiro atoms. The van der Waals surface area contributed by atoms with E-state index in [4.69, 9.17) is 9.47 Å². The molecule has 0 saturated carbocycles. The second kappa shape index (κ2) is 7.53. The van der Waals surface area contributed by atoms with Crippen molar-refractivity contribution in [3.05, 3.63) is 35.9 Å². The van der Waals surface area contributed by atoms with Crippen molar-refractivity contribution in [3.63, 3.8) is 0 Å². The first kappa shape index (κ1) is 15.2. The highest BCUT2D eigenvalue weighted by molar-refractivity contribution is 9.09. The first-order valence-corrected chi connectivity index (χ1v) is 8.30. The van der Waals surface area contributed by atoms with Crippen LogP contribution in [-0.4, -0.2) is 18.5 Å². The number of ether oxygens (including phenoxy) is 2. The van der Waals surface area contributed by atoms with Crippen LogP contribution in [0.1, 0.15) is 25.8 Å². The number of rotatable bonds is 7. The van der Waals surface area contributed by atoms with Gasteiger partial charge in [0.2, 0.25) is 0 Å². The average molecular weight is 337 g/mol. The van der Waals surface area contributed by atoms with E-state index in [0.717, 1.165) is 47.1 Å². The number of aryl methyl sites for hydroxylation is 1. The van der Waals surface area contributed by atoms with Crippen molar-refractivity contribution in [2.45, 2.75) is 26.7 Å². The Bertz CT molecular complexity index is 566. The van der Waals surface area contributed by atoms with Crippen molar-refractivity contribution >= 4 is 26.7 Å². The molecule has 0 unspecified atom stereocenters. The van der Waals surface area contributed by atoms with Crippen LogP contribution in [0.4, 0.5) is 0 Å². The lowest BCUT2D eigenvalue weighted by molar-refractivity contribution is 0.316. The largest absolute Gasteiger partial charge is 0.493 e. The number of fused-ring (bicyclic) bond motifs is 1. The van der Waals surface area contributed by atoms with Crippen LogP contribution < -0.4 is 9.47 Å². The van der Waals surface area contributed by atoms with Crippen molar-refractivity contribution in [2.24, 2.45) is 0 Å². The summed E-state index contributed by atoms with van der Waals surface area (Å²) in [6.07, 6.45) is 1.95. The molecule has 2 aromatic carbocycles.